The molecule has 0 spiro atoms. The molecule has 2 amide bonds. The van der Waals surface area contributed by atoms with Crippen molar-refractivity contribution in [3.8, 4) is 10.4 Å². The Kier molecular flexibility index (Phi) is 6.22. The second-order valence-electron chi connectivity index (χ2n) is 5.15. The van der Waals surface area contributed by atoms with Crippen molar-refractivity contribution in [1.29, 1.82) is 0 Å². The smallest absolute Gasteiger partial charge is 0.370 e. The van der Waals surface area contributed by atoms with Gasteiger partial charge in [-0.2, -0.15) is 13.2 Å². The van der Waals surface area contributed by atoms with Crippen LogP contribution in [0.5, 0.6) is 0 Å². The highest BCUT2D eigenvalue weighted by atomic mass is 32.1. The Hall–Kier alpha value is -2.06. The van der Waals surface area contributed by atoms with Gasteiger partial charge in [0.25, 0.3) is 0 Å². The van der Waals surface area contributed by atoms with Crippen molar-refractivity contribution in [3.63, 3.8) is 0 Å². The summed E-state index contributed by atoms with van der Waals surface area (Å²) in [7, 11) is 0. The number of ether oxygens (including phenoxy) is 1. The van der Waals surface area contributed by atoms with E-state index in [9.17, 15) is 18.0 Å². The van der Waals surface area contributed by atoms with Crippen LogP contribution in [0.3, 0.4) is 0 Å². The van der Waals surface area contributed by atoms with Crippen LogP contribution in [-0.4, -0.2) is 31.5 Å². The Labute approximate surface area is 141 Å². The number of amides is 2. The van der Waals surface area contributed by atoms with Gasteiger partial charge in [-0.05, 0) is 24.4 Å². The number of halogens is 3. The number of urea groups is 1. The molecule has 0 saturated carbocycles. The third-order valence-electron chi connectivity index (χ3n) is 2.97. The molecule has 0 saturated heterocycles. The normalized spacial score (nSPS) is 12.7. The van der Waals surface area contributed by atoms with E-state index in [4.69, 9.17) is 0 Å². The van der Waals surface area contributed by atoms with Crippen LogP contribution < -0.4 is 10.6 Å². The summed E-state index contributed by atoms with van der Waals surface area (Å²) in [6, 6.07) is 10.1. The molecule has 0 aliphatic carbocycles. The summed E-state index contributed by atoms with van der Waals surface area (Å²) in [6.45, 7) is 0.0163. The Balaban J connectivity index is 1.89. The van der Waals surface area contributed by atoms with Gasteiger partial charge in [-0.25, -0.2) is 4.79 Å². The lowest BCUT2D eigenvalue weighted by Crippen LogP contribution is -2.39. The largest absolute Gasteiger partial charge is 0.411 e. The number of rotatable bonds is 6. The number of benzene rings is 1. The van der Waals surface area contributed by atoms with Crippen molar-refractivity contribution in [2.45, 2.75) is 19.1 Å². The summed E-state index contributed by atoms with van der Waals surface area (Å²) in [5, 5.41) is 7.20. The van der Waals surface area contributed by atoms with Gasteiger partial charge in [0.15, 0.2) is 0 Å². The second-order valence-corrected chi connectivity index (χ2v) is 6.10. The number of para-hydroxylation sites is 1. The Morgan fingerprint density at radius 3 is 2.67 bits per heavy atom. The van der Waals surface area contributed by atoms with Crippen molar-refractivity contribution >= 4 is 23.1 Å². The Morgan fingerprint density at radius 2 is 2.00 bits per heavy atom. The van der Waals surface area contributed by atoms with E-state index >= 15 is 0 Å². The Bertz CT molecular complexity index is 660. The number of carbonyl (C=O) groups is 1. The molecule has 2 rings (SSSR count). The highest BCUT2D eigenvalue weighted by molar-refractivity contribution is 7.13. The lowest BCUT2D eigenvalue weighted by molar-refractivity contribution is -0.174. The van der Waals surface area contributed by atoms with Crippen LogP contribution in [-0.2, 0) is 4.74 Å². The van der Waals surface area contributed by atoms with Crippen LogP contribution >= 0.6 is 11.3 Å². The fraction of sp³-hybridized carbons (Fsp3) is 0.312. The number of alkyl halides is 3. The van der Waals surface area contributed by atoms with Crippen LogP contribution in [0.4, 0.5) is 23.7 Å². The summed E-state index contributed by atoms with van der Waals surface area (Å²) in [5.74, 6) is 0. The minimum Gasteiger partial charge on any atom is -0.370 e. The molecule has 24 heavy (non-hydrogen) atoms. The zero-order valence-electron chi connectivity index (χ0n) is 12.9. The highest BCUT2D eigenvalue weighted by Gasteiger charge is 2.27. The number of hydrogen-bond donors (Lipinski definition) is 2. The molecule has 0 bridgehead atoms. The second kappa shape index (κ2) is 8.16. The third kappa shape index (κ3) is 5.86. The van der Waals surface area contributed by atoms with Gasteiger partial charge in [-0.3, -0.25) is 0 Å². The molecule has 1 aromatic carbocycles. The standard InChI is InChI=1S/C16H17F3N2O2S/c1-11(9-23-10-16(17,18)19)20-15(22)21-13-6-3-2-5-12(13)14-7-4-8-24-14/h2-8,11H,9-10H2,1H3,(H2,20,21,22)/t11-/m1/s1. The van der Waals surface area contributed by atoms with Crippen LogP contribution in [0.15, 0.2) is 41.8 Å². The summed E-state index contributed by atoms with van der Waals surface area (Å²) in [6.07, 6.45) is -4.37. The minimum atomic E-state index is -4.37. The first kappa shape index (κ1) is 18.3. The number of hydrogen-bond acceptors (Lipinski definition) is 3. The lowest BCUT2D eigenvalue weighted by atomic mass is 10.1. The molecule has 130 valence electrons. The molecule has 1 atom stereocenters. The summed E-state index contributed by atoms with van der Waals surface area (Å²) in [5.41, 5.74) is 1.50. The van der Waals surface area contributed by atoms with E-state index in [0.29, 0.717) is 5.69 Å². The molecule has 1 aromatic heterocycles. The molecule has 0 unspecified atom stereocenters. The van der Waals surface area contributed by atoms with Crippen LogP contribution in [0.1, 0.15) is 6.92 Å². The summed E-state index contributed by atoms with van der Waals surface area (Å²) >= 11 is 1.55. The maximum Gasteiger partial charge on any atom is 0.411 e. The Morgan fingerprint density at radius 1 is 1.25 bits per heavy atom. The molecule has 4 nitrogen and oxygen atoms in total. The fourth-order valence-corrected chi connectivity index (χ4v) is 2.78. The first-order chi connectivity index (χ1) is 11.3. The average molecular weight is 358 g/mol. The average Bonchev–Trinajstić information content (AvgIpc) is 3.00. The van der Waals surface area contributed by atoms with Gasteiger partial charge in [-0.15, -0.1) is 11.3 Å². The maximum absolute atomic E-state index is 12.0. The SMILES string of the molecule is C[C@H](COCC(F)(F)F)NC(=O)Nc1ccccc1-c1cccs1. The van der Waals surface area contributed by atoms with Gasteiger partial charge >= 0.3 is 12.2 Å². The van der Waals surface area contributed by atoms with Crippen molar-refractivity contribution in [2.24, 2.45) is 0 Å². The van der Waals surface area contributed by atoms with Gasteiger partial charge in [0.1, 0.15) is 6.61 Å². The van der Waals surface area contributed by atoms with E-state index in [1.807, 2.05) is 29.6 Å². The fourth-order valence-electron chi connectivity index (χ4n) is 2.01. The van der Waals surface area contributed by atoms with Crippen molar-refractivity contribution in [1.82, 2.24) is 5.32 Å². The van der Waals surface area contributed by atoms with Crippen molar-refractivity contribution in [2.75, 3.05) is 18.5 Å². The molecule has 2 aromatic rings. The monoisotopic (exact) mass is 358 g/mol. The topological polar surface area (TPSA) is 50.4 Å². The number of thiophene rings is 1. The number of anilines is 1. The maximum atomic E-state index is 12.0. The lowest BCUT2D eigenvalue weighted by Gasteiger charge is -2.16. The molecule has 0 aliphatic rings. The van der Waals surface area contributed by atoms with Gasteiger partial charge in [-0.1, -0.05) is 24.3 Å². The van der Waals surface area contributed by atoms with Gasteiger partial charge < -0.3 is 15.4 Å². The van der Waals surface area contributed by atoms with Gasteiger partial charge in [0.05, 0.1) is 18.3 Å². The zero-order chi connectivity index (χ0) is 17.6. The first-order valence-electron chi connectivity index (χ1n) is 7.20. The molecule has 1 heterocycles. The predicted octanol–water partition coefficient (Wildman–Crippen LogP) is 4.50. The molecule has 0 radical (unpaired) electrons. The summed E-state index contributed by atoms with van der Waals surface area (Å²) < 4.78 is 40.6. The van der Waals surface area contributed by atoms with Crippen molar-refractivity contribution in [3.05, 3.63) is 41.8 Å². The van der Waals surface area contributed by atoms with E-state index < -0.39 is 24.9 Å². The molecule has 0 fully saturated rings. The molecule has 2 N–H and O–H groups in total. The van der Waals surface area contributed by atoms with E-state index in [2.05, 4.69) is 15.4 Å². The van der Waals surface area contributed by atoms with Gasteiger partial charge in [0, 0.05) is 10.4 Å². The van der Waals surface area contributed by atoms with Crippen LogP contribution in [0.25, 0.3) is 10.4 Å². The summed E-state index contributed by atoms with van der Waals surface area (Å²) in [4.78, 5) is 13.0. The third-order valence-corrected chi connectivity index (χ3v) is 3.88. The molecular weight excluding hydrogens is 341 g/mol. The molecular formula is C16H17F3N2O2S. The first-order valence-corrected chi connectivity index (χ1v) is 8.08. The quantitative estimate of drug-likeness (QED) is 0.799. The van der Waals surface area contributed by atoms with E-state index in [1.54, 1.807) is 30.4 Å². The minimum absolute atomic E-state index is 0.223. The molecule has 8 heteroatoms. The van der Waals surface area contributed by atoms with Crippen molar-refractivity contribution < 1.29 is 22.7 Å². The van der Waals surface area contributed by atoms with Gasteiger partial charge in [0.2, 0.25) is 0 Å². The van der Waals surface area contributed by atoms with E-state index in [-0.39, 0.29) is 6.61 Å². The predicted molar refractivity (Wildman–Crippen MR) is 88.2 cm³/mol. The number of nitrogens with one attached hydrogen (secondary N) is 2. The highest BCUT2D eigenvalue weighted by Crippen LogP contribution is 2.31. The van der Waals surface area contributed by atoms with E-state index in [1.165, 1.54) is 0 Å². The zero-order valence-corrected chi connectivity index (χ0v) is 13.7. The van der Waals surface area contributed by atoms with E-state index in [0.717, 1.165) is 10.4 Å². The van der Waals surface area contributed by atoms with Crippen LogP contribution in [0, 0.1) is 0 Å². The van der Waals surface area contributed by atoms with Crippen LogP contribution in [0.2, 0.25) is 0 Å². The molecule has 0 aliphatic heterocycles. The number of carbonyl (C=O) groups excluding carboxylic acids is 1.